The third-order valence-corrected chi connectivity index (χ3v) is 4.74. The molecule has 1 N–H and O–H groups in total. The zero-order valence-electron chi connectivity index (χ0n) is 17.7. The molecule has 0 radical (unpaired) electrons. The van der Waals surface area contributed by atoms with Crippen LogP contribution >= 0.6 is 0 Å². The van der Waals surface area contributed by atoms with Crippen LogP contribution in [0.2, 0.25) is 0 Å². The summed E-state index contributed by atoms with van der Waals surface area (Å²) in [6, 6.07) is 17.4. The second kappa shape index (κ2) is 11.7. The number of hydrogen-bond acceptors (Lipinski definition) is 5. The minimum absolute atomic E-state index is 0.0363. The van der Waals surface area contributed by atoms with Gasteiger partial charge in [0.15, 0.2) is 0 Å². The molecule has 5 heteroatoms. The second-order valence-electron chi connectivity index (χ2n) is 7.60. The molecule has 2 aromatic carbocycles. The minimum Gasteiger partial charge on any atom is -0.497 e. The number of benzene rings is 2. The largest absolute Gasteiger partial charge is 0.497 e. The zero-order valence-corrected chi connectivity index (χ0v) is 17.7. The topological polar surface area (TPSA) is 65.0 Å². The number of methoxy groups -OCH3 is 1. The molecule has 2 aromatic rings. The van der Waals surface area contributed by atoms with Gasteiger partial charge in [0.2, 0.25) is 0 Å². The average molecular weight is 401 g/mol. The van der Waals surface area contributed by atoms with Gasteiger partial charge < -0.3 is 19.3 Å². The molecule has 0 bridgehead atoms. The standard InChI is InChI=1S/C24H32O5/c1-17(2)23(28-16-20-10-12-21(27-4)13-11-20)24(22(26)14-18(3)25)29-15-19-8-6-5-7-9-19/h5-13,17,22-24,26H,14-16H2,1-4H3/t22-,23+,24-/m1/s1. The number of hydrogen-bond donors (Lipinski definition) is 1. The van der Waals surface area contributed by atoms with Gasteiger partial charge in [-0.2, -0.15) is 0 Å². The Hall–Kier alpha value is -2.21. The summed E-state index contributed by atoms with van der Waals surface area (Å²) in [4.78, 5) is 11.6. The van der Waals surface area contributed by atoms with Crippen LogP contribution in [-0.2, 0) is 27.5 Å². The lowest BCUT2D eigenvalue weighted by atomic mass is 9.95. The Balaban J connectivity index is 2.11. The Morgan fingerprint density at radius 3 is 1.97 bits per heavy atom. The molecule has 0 saturated heterocycles. The maximum Gasteiger partial charge on any atom is 0.132 e. The van der Waals surface area contributed by atoms with E-state index < -0.39 is 12.2 Å². The van der Waals surface area contributed by atoms with E-state index in [2.05, 4.69) is 0 Å². The molecule has 5 nitrogen and oxygen atoms in total. The van der Waals surface area contributed by atoms with E-state index in [0.29, 0.717) is 13.2 Å². The van der Waals surface area contributed by atoms with Crippen molar-refractivity contribution in [3.63, 3.8) is 0 Å². The summed E-state index contributed by atoms with van der Waals surface area (Å²) in [7, 11) is 1.63. The molecule has 0 aliphatic heterocycles. The Labute approximate surface area is 173 Å². The lowest BCUT2D eigenvalue weighted by Crippen LogP contribution is -2.44. The van der Waals surface area contributed by atoms with Crippen LogP contribution < -0.4 is 4.74 Å². The number of ketones is 1. The fraction of sp³-hybridized carbons (Fsp3) is 0.458. The number of ether oxygens (including phenoxy) is 3. The molecular formula is C24H32O5. The van der Waals surface area contributed by atoms with Crippen molar-refractivity contribution >= 4 is 5.78 Å². The summed E-state index contributed by atoms with van der Waals surface area (Å²) in [6.45, 7) is 6.25. The molecule has 2 rings (SSSR count). The van der Waals surface area contributed by atoms with Crippen LogP contribution in [0.1, 0.15) is 38.3 Å². The van der Waals surface area contributed by atoms with Crippen LogP contribution in [0.3, 0.4) is 0 Å². The molecule has 0 aliphatic carbocycles. The van der Waals surface area contributed by atoms with Crippen LogP contribution in [-0.4, -0.2) is 36.3 Å². The van der Waals surface area contributed by atoms with Crippen LogP contribution in [0, 0.1) is 5.92 Å². The summed E-state index contributed by atoms with van der Waals surface area (Å²) in [5, 5.41) is 10.7. The maximum atomic E-state index is 11.6. The van der Waals surface area contributed by atoms with Gasteiger partial charge in [-0.15, -0.1) is 0 Å². The zero-order chi connectivity index (χ0) is 21.2. The highest BCUT2D eigenvalue weighted by atomic mass is 16.5. The molecule has 0 saturated carbocycles. The first-order chi connectivity index (χ1) is 13.9. The average Bonchev–Trinajstić information content (AvgIpc) is 2.70. The molecule has 29 heavy (non-hydrogen) atoms. The first kappa shape index (κ1) is 23.1. The molecule has 0 aliphatic rings. The van der Waals surface area contributed by atoms with E-state index in [1.54, 1.807) is 7.11 Å². The van der Waals surface area contributed by atoms with Gasteiger partial charge in [-0.05, 0) is 36.1 Å². The Morgan fingerprint density at radius 2 is 1.45 bits per heavy atom. The Kier molecular flexibility index (Phi) is 9.32. The SMILES string of the molecule is COc1ccc(CO[C@@H](C(C)C)[C@H](OCc2ccccc2)[C@H](O)CC(C)=O)cc1. The number of aliphatic hydroxyl groups excluding tert-OH is 1. The molecule has 0 amide bonds. The third-order valence-electron chi connectivity index (χ3n) is 4.74. The highest BCUT2D eigenvalue weighted by Crippen LogP contribution is 2.23. The summed E-state index contributed by atoms with van der Waals surface area (Å²) in [6.07, 6.45) is -1.87. The molecule has 0 unspecified atom stereocenters. The highest BCUT2D eigenvalue weighted by Gasteiger charge is 2.33. The van der Waals surface area contributed by atoms with Crippen LogP contribution in [0.15, 0.2) is 54.6 Å². The minimum atomic E-state index is -0.931. The van der Waals surface area contributed by atoms with E-state index in [4.69, 9.17) is 14.2 Å². The highest BCUT2D eigenvalue weighted by molar-refractivity contribution is 5.76. The van der Waals surface area contributed by atoms with Crippen LogP contribution in [0.5, 0.6) is 5.75 Å². The van der Waals surface area contributed by atoms with Crippen molar-refractivity contribution in [2.24, 2.45) is 5.92 Å². The van der Waals surface area contributed by atoms with Gasteiger partial charge in [-0.25, -0.2) is 0 Å². The van der Waals surface area contributed by atoms with Crippen molar-refractivity contribution in [1.82, 2.24) is 0 Å². The van der Waals surface area contributed by atoms with Gasteiger partial charge in [0, 0.05) is 6.42 Å². The molecule has 0 fully saturated rings. The van der Waals surface area contributed by atoms with Crippen molar-refractivity contribution < 1.29 is 24.1 Å². The third kappa shape index (κ3) is 7.61. The Morgan fingerprint density at radius 1 is 0.897 bits per heavy atom. The van der Waals surface area contributed by atoms with E-state index in [1.165, 1.54) is 6.92 Å². The van der Waals surface area contributed by atoms with Gasteiger partial charge >= 0.3 is 0 Å². The fourth-order valence-corrected chi connectivity index (χ4v) is 3.18. The number of aliphatic hydroxyl groups is 1. The van der Waals surface area contributed by atoms with E-state index in [-0.39, 0.29) is 24.2 Å². The monoisotopic (exact) mass is 400 g/mol. The van der Waals surface area contributed by atoms with Crippen molar-refractivity contribution in [1.29, 1.82) is 0 Å². The number of Topliss-reactive ketones (excluding diaryl/α,β-unsaturated/α-hetero) is 1. The molecule has 0 heterocycles. The predicted molar refractivity (Wildman–Crippen MR) is 113 cm³/mol. The van der Waals surface area contributed by atoms with Crippen molar-refractivity contribution in [2.75, 3.05) is 7.11 Å². The van der Waals surface area contributed by atoms with E-state index in [9.17, 15) is 9.90 Å². The van der Waals surface area contributed by atoms with Gasteiger partial charge in [0.05, 0.1) is 32.5 Å². The fourth-order valence-electron chi connectivity index (χ4n) is 3.18. The van der Waals surface area contributed by atoms with Crippen molar-refractivity contribution in [3.8, 4) is 5.75 Å². The van der Waals surface area contributed by atoms with E-state index in [1.807, 2.05) is 68.4 Å². The predicted octanol–water partition coefficient (Wildman–Crippen LogP) is 4.16. The van der Waals surface area contributed by atoms with E-state index in [0.717, 1.165) is 16.9 Å². The molecular weight excluding hydrogens is 368 g/mol. The van der Waals surface area contributed by atoms with Gasteiger partial charge in [-0.3, -0.25) is 4.79 Å². The number of carbonyl (C=O) groups is 1. The number of carbonyl (C=O) groups excluding carboxylic acids is 1. The molecule has 158 valence electrons. The molecule has 0 aromatic heterocycles. The van der Waals surface area contributed by atoms with Crippen molar-refractivity contribution in [2.45, 2.75) is 58.7 Å². The molecule has 0 spiro atoms. The Bertz CT molecular complexity index is 727. The lowest BCUT2D eigenvalue weighted by Gasteiger charge is -2.33. The number of rotatable bonds is 12. The lowest BCUT2D eigenvalue weighted by molar-refractivity contribution is -0.151. The smallest absolute Gasteiger partial charge is 0.132 e. The molecule has 3 atom stereocenters. The summed E-state index contributed by atoms with van der Waals surface area (Å²) < 4.78 is 17.5. The summed E-state index contributed by atoms with van der Waals surface area (Å²) in [5.74, 6) is 0.800. The second-order valence-corrected chi connectivity index (χ2v) is 7.60. The van der Waals surface area contributed by atoms with Gasteiger partial charge in [0.1, 0.15) is 17.6 Å². The summed E-state index contributed by atoms with van der Waals surface area (Å²) in [5.41, 5.74) is 2.00. The quantitative estimate of drug-likeness (QED) is 0.579. The van der Waals surface area contributed by atoms with Crippen LogP contribution in [0.25, 0.3) is 0 Å². The normalized spacial score (nSPS) is 14.4. The van der Waals surface area contributed by atoms with E-state index >= 15 is 0 Å². The van der Waals surface area contributed by atoms with Gasteiger partial charge in [0.25, 0.3) is 0 Å². The van der Waals surface area contributed by atoms with Crippen LogP contribution in [0.4, 0.5) is 0 Å². The first-order valence-electron chi connectivity index (χ1n) is 9.98. The van der Waals surface area contributed by atoms with Gasteiger partial charge in [-0.1, -0.05) is 56.3 Å². The maximum absolute atomic E-state index is 11.6. The first-order valence-corrected chi connectivity index (χ1v) is 9.98. The summed E-state index contributed by atoms with van der Waals surface area (Å²) >= 11 is 0. The van der Waals surface area contributed by atoms with Crippen molar-refractivity contribution in [3.05, 3.63) is 65.7 Å².